The van der Waals surface area contributed by atoms with Crippen molar-refractivity contribution in [2.24, 2.45) is 0 Å². The predicted molar refractivity (Wildman–Crippen MR) is 64.2 cm³/mol. The fourth-order valence-electron chi connectivity index (χ4n) is 1.39. The maximum Gasteiger partial charge on any atom is 0.429 e. The van der Waals surface area contributed by atoms with Crippen LogP contribution in [-0.2, 0) is 11.3 Å². The van der Waals surface area contributed by atoms with E-state index in [4.69, 9.17) is 5.26 Å². The molecule has 0 heterocycles. The minimum absolute atomic E-state index is 0.126. The number of alkyl halides is 3. The highest BCUT2D eigenvalue weighted by atomic mass is 19.4. The van der Waals surface area contributed by atoms with Gasteiger partial charge in [0.2, 0.25) is 5.91 Å². The van der Waals surface area contributed by atoms with Gasteiger partial charge in [-0.3, -0.25) is 4.79 Å². The number of aliphatic hydroxyl groups is 1. The molecule has 0 bridgehead atoms. The molecule has 4 nitrogen and oxygen atoms in total. The Morgan fingerprint density at radius 3 is 2.40 bits per heavy atom. The molecule has 0 aromatic heterocycles. The fourth-order valence-corrected chi connectivity index (χ4v) is 1.39. The van der Waals surface area contributed by atoms with Gasteiger partial charge in [-0.1, -0.05) is 30.3 Å². The third-order valence-corrected chi connectivity index (χ3v) is 2.34. The number of nitrogens with zero attached hydrogens (tertiary/aromatic N) is 1. The van der Waals surface area contributed by atoms with Crippen LogP contribution in [0.5, 0.6) is 0 Å². The summed E-state index contributed by atoms with van der Waals surface area (Å²) in [5.74, 6) is -2.09. The zero-order chi connectivity index (χ0) is 15.2. The summed E-state index contributed by atoms with van der Waals surface area (Å²) in [4.78, 5) is 11.4. The number of aliphatic hydroxyl groups excluding tert-OH is 1. The number of nitriles is 1. The van der Waals surface area contributed by atoms with Gasteiger partial charge in [-0.05, 0) is 5.56 Å². The minimum atomic E-state index is -4.97. The molecule has 0 saturated carbocycles. The van der Waals surface area contributed by atoms with Gasteiger partial charge < -0.3 is 10.4 Å². The van der Waals surface area contributed by atoms with Crippen LogP contribution in [0.4, 0.5) is 13.2 Å². The van der Waals surface area contributed by atoms with Gasteiger partial charge in [0.05, 0.1) is 6.42 Å². The molecule has 0 unspecified atom stereocenters. The topological polar surface area (TPSA) is 73.1 Å². The maximum atomic E-state index is 12.3. The van der Waals surface area contributed by atoms with Gasteiger partial charge in [-0.15, -0.1) is 0 Å². The Kier molecular flexibility index (Phi) is 5.15. The number of nitrogens with one attached hydrogen (secondary N) is 1. The van der Waals surface area contributed by atoms with E-state index in [1.54, 1.807) is 30.3 Å². The van der Waals surface area contributed by atoms with Crippen LogP contribution in [0.25, 0.3) is 0 Å². The quantitative estimate of drug-likeness (QED) is 0.659. The number of rotatable bonds is 4. The molecule has 2 N–H and O–H groups in total. The lowest BCUT2D eigenvalue weighted by Crippen LogP contribution is -2.24. The summed E-state index contributed by atoms with van der Waals surface area (Å²) in [6.45, 7) is 0.126. The van der Waals surface area contributed by atoms with Gasteiger partial charge in [0.15, 0.2) is 5.57 Å². The van der Waals surface area contributed by atoms with Crippen LogP contribution in [-0.4, -0.2) is 17.2 Å². The van der Waals surface area contributed by atoms with Gasteiger partial charge in [-0.25, -0.2) is 0 Å². The molecule has 106 valence electrons. The molecule has 1 amide bonds. The molecule has 7 heteroatoms. The highest BCUT2D eigenvalue weighted by molar-refractivity contribution is 5.78. The Morgan fingerprint density at radius 1 is 1.30 bits per heavy atom. The van der Waals surface area contributed by atoms with Gasteiger partial charge >= 0.3 is 6.18 Å². The molecule has 0 aliphatic heterocycles. The van der Waals surface area contributed by atoms with Gasteiger partial charge in [0.25, 0.3) is 0 Å². The van der Waals surface area contributed by atoms with Gasteiger partial charge in [0.1, 0.15) is 11.8 Å². The Bertz CT molecular complexity index is 545. The molecule has 1 aromatic rings. The largest absolute Gasteiger partial charge is 0.510 e. The van der Waals surface area contributed by atoms with Crippen molar-refractivity contribution in [2.75, 3.05) is 0 Å². The number of halogens is 3. The first-order valence-electron chi connectivity index (χ1n) is 5.54. The molecule has 1 aromatic carbocycles. The Labute approximate surface area is 113 Å². The summed E-state index contributed by atoms with van der Waals surface area (Å²) in [7, 11) is 0. The molecule has 0 aliphatic rings. The third kappa shape index (κ3) is 4.65. The second-order valence-corrected chi connectivity index (χ2v) is 3.87. The smallest absolute Gasteiger partial charge is 0.429 e. The van der Waals surface area contributed by atoms with Crippen LogP contribution >= 0.6 is 0 Å². The van der Waals surface area contributed by atoms with E-state index in [1.807, 2.05) is 0 Å². The van der Waals surface area contributed by atoms with Crippen molar-refractivity contribution in [2.45, 2.75) is 19.1 Å². The van der Waals surface area contributed by atoms with E-state index in [-0.39, 0.29) is 6.54 Å². The lowest BCUT2D eigenvalue weighted by Gasteiger charge is -2.08. The van der Waals surface area contributed by atoms with E-state index < -0.39 is 29.8 Å². The fraction of sp³-hybridized carbons (Fsp3) is 0.231. The van der Waals surface area contributed by atoms with Crippen LogP contribution in [0.15, 0.2) is 41.7 Å². The Morgan fingerprint density at radius 2 is 1.90 bits per heavy atom. The monoisotopic (exact) mass is 284 g/mol. The van der Waals surface area contributed by atoms with Crippen LogP contribution < -0.4 is 5.32 Å². The van der Waals surface area contributed by atoms with E-state index in [1.165, 1.54) is 0 Å². The Hall–Kier alpha value is -2.49. The van der Waals surface area contributed by atoms with Crippen molar-refractivity contribution >= 4 is 5.91 Å². The van der Waals surface area contributed by atoms with Crippen molar-refractivity contribution in [3.05, 3.63) is 47.2 Å². The number of amides is 1. The standard InChI is InChI=1S/C13H11F3N2O2/c14-13(15,16)10(7-17)11(19)6-12(20)18-8-9-4-2-1-3-5-9/h1-5,19H,6,8H2,(H,18,20). The molecule has 0 saturated heterocycles. The number of benzene rings is 1. The number of allylic oxidation sites excluding steroid dienone is 1. The molecule has 0 spiro atoms. The molecule has 0 fully saturated rings. The van der Waals surface area contributed by atoms with Crippen LogP contribution in [0.1, 0.15) is 12.0 Å². The molecular weight excluding hydrogens is 273 g/mol. The predicted octanol–water partition coefficient (Wildman–Crippen LogP) is 2.59. The zero-order valence-electron chi connectivity index (χ0n) is 10.2. The van der Waals surface area contributed by atoms with Crippen molar-refractivity contribution in [3.8, 4) is 6.07 Å². The summed E-state index contributed by atoms with van der Waals surface area (Å²) in [6, 6.07) is 9.58. The Balaban J connectivity index is 2.63. The SMILES string of the molecule is N#CC(=C(O)CC(=O)NCc1ccccc1)C(F)(F)F. The van der Waals surface area contributed by atoms with Crippen LogP contribution in [0.2, 0.25) is 0 Å². The molecule has 1 rings (SSSR count). The van der Waals surface area contributed by atoms with E-state index in [0.29, 0.717) is 0 Å². The zero-order valence-corrected chi connectivity index (χ0v) is 10.2. The summed E-state index contributed by atoms with van der Waals surface area (Å²) in [5, 5.41) is 19.9. The molecule has 0 radical (unpaired) electrons. The minimum Gasteiger partial charge on any atom is -0.510 e. The van der Waals surface area contributed by atoms with Gasteiger partial charge in [-0.2, -0.15) is 18.4 Å². The van der Waals surface area contributed by atoms with Crippen molar-refractivity contribution in [1.82, 2.24) is 5.32 Å². The average Bonchev–Trinajstić information content (AvgIpc) is 2.36. The lowest BCUT2D eigenvalue weighted by molar-refractivity contribution is -0.121. The van der Waals surface area contributed by atoms with E-state index in [0.717, 1.165) is 11.6 Å². The van der Waals surface area contributed by atoms with Crippen molar-refractivity contribution < 1.29 is 23.1 Å². The number of carbonyl (C=O) groups is 1. The average molecular weight is 284 g/mol. The second-order valence-electron chi connectivity index (χ2n) is 3.87. The first kappa shape index (κ1) is 15.6. The first-order chi connectivity index (χ1) is 9.34. The number of hydrogen-bond acceptors (Lipinski definition) is 3. The van der Waals surface area contributed by atoms with Crippen molar-refractivity contribution in [3.63, 3.8) is 0 Å². The highest BCUT2D eigenvalue weighted by Gasteiger charge is 2.37. The molecule has 0 aliphatic carbocycles. The van der Waals surface area contributed by atoms with E-state index in [2.05, 4.69) is 5.32 Å². The van der Waals surface area contributed by atoms with Crippen molar-refractivity contribution in [1.29, 1.82) is 5.26 Å². The van der Waals surface area contributed by atoms with Crippen LogP contribution in [0, 0.1) is 11.3 Å². The molecular formula is C13H11F3N2O2. The number of hydrogen-bond donors (Lipinski definition) is 2. The summed E-state index contributed by atoms with van der Waals surface area (Å²) < 4.78 is 36.9. The van der Waals surface area contributed by atoms with E-state index >= 15 is 0 Å². The normalized spacial score (nSPS) is 12.3. The maximum absolute atomic E-state index is 12.3. The second kappa shape index (κ2) is 6.61. The van der Waals surface area contributed by atoms with Crippen LogP contribution in [0.3, 0.4) is 0 Å². The highest BCUT2D eigenvalue weighted by Crippen LogP contribution is 2.27. The summed E-state index contributed by atoms with van der Waals surface area (Å²) >= 11 is 0. The van der Waals surface area contributed by atoms with Gasteiger partial charge in [0, 0.05) is 6.54 Å². The first-order valence-corrected chi connectivity index (χ1v) is 5.54. The molecule has 20 heavy (non-hydrogen) atoms. The number of carbonyl (C=O) groups excluding carboxylic acids is 1. The summed E-state index contributed by atoms with van der Waals surface area (Å²) in [5.41, 5.74) is -0.993. The third-order valence-electron chi connectivity index (χ3n) is 2.34. The summed E-state index contributed by atoms with van der Waals surface area (Å²) in [6.07, 6.45) is -5.87. The molecule has 0 atom stereocenters. The van der Waals surface area contributed by atoms with E-state index in [9.17, 15) is 23.1 Å². The lowest BCUT2D eigenvalue weighted by atomic mass is 10.2.